The second-order valence-electron chi connectivity index (χ2n) is 4.97. The molecule has 1 amide bonds. The third-order valence-corrected chi connectivity index (χ3v) is 3.68. The van der Waals surface area contributed by atoms with Crippen LogP contribution in [0.3, 0.4) is 0 Å². The number of hydrogen-bond donors (Lipinski definition) is 1. The molecule has 0 saturated heterocycles. The van der Waals surface area contributed by atoms with E-state index in [9.17, 15) is 4.79 Å². The Morgan fingerprint density at radius 1 is 1.14 bits per heavy atom. The van der Waals surface area contributed by atoms with Gasteiger partial charge >= 0.3 is 0 Å². The molecule has 21 heavy (non-hydrogen) atoms. The van der Waals surface area contributed by atoms with E-state index in [1.165, 1.54) is 5.56 Å². The van der Waals surface area contributed by atoms with E-state index < -0.39 is 0 Å². The summed E-state index contributed by atoms with van der Waals surface area (Å²) in [6.45, 7) is 2.57. The second kappa shape index (κ2) is 5.79. The van der Waals surface area contributed by atoms with Gasteiger partial charge in [-0.2, -0.15) is 0 Å². The predicted octanol–water partition coefficient (Wildman–Crippen LogP) is 2.89. The van der Waals surface area contributed by atoms with E-state index in [0.29, 0.717) is 13.0 Å². The highest BCUT2D eigenvalue weighted by Crippen LogP contribution is 2.25. The normalized spacial score (nSPS) is 12.2. The highest BCUT2D eigenvalue weighted by atomic mass is 16.1. The summed E-state index contributed by atoms with van der Waals surface area (Å²) in [5.74, 6) is 0.861. The average molecular weight is 279 g/mol. The van der Waals surface area contributed by atoms with Crippen molar-refractivity contribution in [2.45, 2.75) is 19.5 Å². The fourth-order valence-electron chi connectivity index (χ4n) is 2.66. The van der Waals surface area contributed by atoms with Gasteiger partial charge in [0, 0.05) is 0 Å². The Labute approximate surface area is 123 Å². The largest absolute Gasteiger partial charge is 0.351 e. The highest BCUT2D eigenvalue weighted by molar-refractivity contribution is 5.76. The smallest absolute Gasteiger partial charge is 0.207 e. The molecule has 1 heterocycles. The second-order valence-corrected chi connectivity index (χ2v) is 4.97. The molecule has 3 rings (SSSR count). The summed E-state index contributed by atoms with van der Waals surface area (Å²) in [5.41, 5.74) is 3.24. The molecule has 1 unspecified atom stereocenters. The molecule has 4 heteroatoms. The van der Waals surface area contributed by atoms with Gasteiger partial charge in [-0.05, 0) is 24.6 Å². The number of carbonyl (C=O) groups is 1. The van der Waals surface area contributed by atoms with Crippen LogP contribution in [-0.2, 0) is 11.3 Å². The topological polar surface area (TPSA) is 46.9 Å². The zero-order valence-corrected chi connectivity index (χ0v) is 11.9. The van der Waals surface area contributed by atoms with Crippen LogP contribution in [0, 0.1) is 0 Å². The Morgan fingerprint density at radius 2 is 1.86 bits per heavy atom. The predicted molar refractivity (Wildman–Crippen MR) is 82.9 cm³/mol. The molecule has 0 bridgehead atoms. The van der Waals surface area contributed by atoms with Crippen LogP contribution in [0.2, 0.25) is 0 Å². The third kappa shape index (κ3) is 2.52. The number of para-hydroxylation sites is 2. The molecule has 1 atom stereocenters. The Hall–Kier alpha value is -2.62. The number of imidazole rings is 1. The molecule has 4 nitrogen and oxygen atoms in total. The monoisotopic (exact) mass is 279 g/mol. The number of carbonyl (C=O) groups excluding carboxylic acids is 1. The maximum atomic E-state index is 10.6. The summed E-state index contributed by atoms with van der Waals surface area (Å²) in [4.78, 5) is 15.2. The van der Waals surface area contributed by atoms with Gasteiger partial charge in [0.2, 0.25) is 6.41 Å². The molecular weight excluding hydrogens is 262 g/mol. The first-order valence-electron chi connectivity index (χ1n) is 6.99. The van der Waals surface area contributed by atoms with E-state index in [2.05, 4.69) is 40.0 Å². The first-order chi connectivity index (χ1) is 10.3. The number of aromatic nitrogens is 2. The van der Waals surface area contributed by atoms with Crippen LogP contribution < -0.4 is 5.32 Å². The van der Waals surface area contributed by atoms with Gasteiger partial charge in [-0.15, -0.1) is 0 Å². The fourth-order valence-corrected chi connectivity index (χ4v) is 2.66. The van der Waals surface area contributed by atoms with Crippen molar-refractivity contribution in [1.82, 2.24) is 14.9 Å². The van der Waals surface area contributed by atoms with Crippen LogP contribution in [-0.4, -0.2) is 16.0 Å². The molecule has 0 radical (unpaired) electrons. The molecule has 0 aliphatic heterocycles. The van der Waals surface area contributed by atoms with E-state index in [1.807, 2.05) is 36.4 Å². The first kappa shape index (κ1) is 13.4. The number of hydrogen-bond acceptors (Lipinski definition) is 2. The van der Waals surface area contributed by atoms with E-state index >= 15 is 0 Å². The summed E-state index contributed by atoms with van der Waals surface area (Å²) in [6, 6.07) is 18.5. The highest BCUT2D eigenvalue weighted by Gasteiger charge is 2.16. The number of amides is 1. The van der Waals surface area contributed by atoms with Gasteiger partial charge in [0.15, 0.2) is 0 Å². The van der Waals surface area contributed by atoms with E-state index in [1.54, 1.807) is 0 Å². The number of nitrogens with zero attached hydrogens (tertiary/aromatic N) is 2. The summed E-state index contributed by atoms with van der Waals surface area (Å²) in [6.07, 6.45) is 0.705. The molecular formula is C17H17N3O. The van der Waals surface area contributed by atoms with Gasteiger partial charge in [-0.25, -0.2) is 4.98 Å². The van der Waals surface area contributed by atoms with Crippen molar-refractivity contribution in [3.8, 4) is 0 Å². The molecule has 0 saturated carbocycles. The van der Waals surface area contributed by atoms with Gasteiger partial charge in [0.05, 0.1) is 23.6 Å². The lowest BCUT2D eigenvalue weighted by Gasteiger charge is -2.18. The number of fused-ring (bicyclic) bond motifs is 1. The quantitative estimate of drug-likeness (QED) is 0.730. The maximum Gasteiger partial charge on any atom is 0.207 e. The minimum Gasteiger partial charge on any atom is -0.351 e. The molecule has 3 aromatic rings. The van der Waals surface area contributed by atoms with Gasteiger partial charge in [-0.3, -0.25) is 4.79 Å². The summed E-state index contributed by atoms with van der Waals surface area (Å²) in [7, 11) is 0. The Bertz CT molecular complexity index is 749. The Kier molecular flexibility index (Phi) is 3.69. The summed E-state index contributed by atoms with van der Waals surface area (Å²) >= 11 is 0. The van der Waals surface area contributed by atoms with Crippen molar-refractivity contribution in [3.05, 3.63) is 66.0 Å². The lowest BCUT2D eigenvalue weighted by molar-refractivity contribution is -0.109. The van der Waals surface area contributed by atoms with Gasteiger partial charge in [0.1, 0.15) is 5.82 Å². The summed E-state index contributed by atoms with van der Waals surface area (Å²) < 4.78 is 2.18. The minimum absolute atomic E-state index is 0.155. The molecule has 0 aliphatic carbocycles. The average Bonchev–Trinajstić information content (AvgIpc) is 2.91. The number of rotatable bonds is 5. The third-order valence-electron chi connectivity index (χ3n) is 3.68. The number of nitrogens with one attached hydrogen (secondary N) is 1. The molecule has 1 aromatic heterocycles. The van der Waals surface area contributed by atoms with E-state index in [4.69, 9.17) is 0 Å². The zero-order chi connectivity index (χ0) is 14.7. The molecule has 2 aromatic carbocycles. The van der Waals surface area contributed by atoms with Crippen LogP contribution in [0.15, 0.2) is 54.6 Å². The first-order valence-corrected chi connectivity index (χ1v) is 6.99. The lowest BCUT2D eigenvalue weighted by atomic mass is 10.1. The molecule has 0 aliphatic rings. The van der Waals surface area contributed by atoms with Crippen molar-refractivity contribution in [2.24, 2.45) is 0 Å². The van der Waals surface area contributed by atoms with Crippen LogP contribution in [0.4, 0.5) is 0 Å². The maximum absolute atomic E-state index is 10.6. The van der Waals surface area contributed by atoms with E-state index in [0.717, 1.165) is 16.9 Å². The summed E-state index contributed by atoms with van der Waals surface area (Å²) in [5, 5.41) is 2.71. The van der Waals surface area contributed by atoms with Crippen molar-refractivity contribution in [1.29, 1.82) is 0 Å². The molecule has 106 valence electrons. The number of benzene rings is 2. The van der Waals surface area contributed by atoms with Crippen LogP contribution in [0.1, 0.15) is 24.4 Å². The Balaban J connectivity index is 2.12. The van der Waals surface area contributed by atoms with Crippen molar-refractivity contribution in [2.75, 3.05) is 0 Å². The van der Waals surface area contributed by atoms with Crippen molar-refractivity contribution >= 4 is 17.4 Å². The minimum atomic E-state index is 0.155. The van der Waals surface area contributed by atoms with Gasteiger partial charge < -0.3 is 9.88 Å². The van der Waals surface area contributed by atoms with Crippen molar-refractivity contribution in [3.63, 3.8) is 0 Å². The van der Waals surface area contributed by atoms with Crippen LogP contribution >= 0.6 is 0 Å². The SMILES string of the molecule is CC(c1ccccc1)n1c(CNC=O)nc2ccccc21. The molecule has 0 fully saturated rings. The van der Waals surface area contributed by atoms with Gasteiger partial charge in [-0.1, -0.05) is 42.5 Å². The molecule has 0 spiro atoms. The van der Waals surface area contributed by atoms with Crippen LogP contribution in [0.5, 0.6) is 0 Å². The van der Waals surface area contributed by atoms with E-state index in [-0.39, 0.29) is 6.04 Å². The molecule has 1 N–H and O–H groups in total. The fraction of sp³-hybridized carbons (Fsp3) is 0.176. The zero-order valence-electron chi connectivity index (χ0n) is 11.9. The van der Waals surface area contributed by atoms with Gasteiger partial charge in [0.25, 0.3) is 0 Å². The van der Waals surface area contributed by atoms with Crippen LogP contribution in [0.25, 0.3) is 11.0 Å². The lowest BCUT2D eigenvalue weighted by Crippen LogP contribution is -2.17. The standard InChI is InChI=1S/C17H17N3O/c1-13(14-7-3-2-4-8-14)20-16-10-6-5-9-15(16)19-17(20)11-18-12-21/h2-10,12-13H,11H2,1H3,(H,18,21). The Morgan fingerprint density at radius 3 is 2.62 bits per heavy atom. The van der Waals surface area contributed by atoms with Crippen molar-refractivity contribution < 1.29 is 4.79 Å².